The van der Waals surface area contributed by atoms with Crippen LogP contribution in [0.3, 0.4) is 0 Å². The molecule has 2 amide bonds. The molecule has 0 radical (unpaired) electrons. The summed E-state index contributed by atoms with van der Waals surface area (Å²) in [4.78, 5) is 11.6. The van der Waals surface area contributed by atoms with E-state index in [-0.39, 0.29) is 21.5 Å². The van der Waals surface area contributed by atoms with Gasteiger partial charge in [0, 0.05) is 5.69 Å². The predicted octanol–water partition coefficient (Wildman–Crippen LogP) is 4.51. The second-order valence-electron chi connectivity index (χ2n) is 3.62. The summed E-state index contributed by atoms with van der Waals surface area (Å²) in [7, 11) is 0. The zero-order valence-corrected chi connectivity index (χ0v) is 12.2. The van der Waals surface area contributed by atoms with Gasteiger partial charge in [0.25, 0.3) is 0 Å². The average Bonchev–Trinajstić information content (AvgIpc) is 2.82. The highest BCUT2D eigenvalue weighted by molar-refractivity contribution is 7.15. The van der Waals surface area contributed by atoms with Gasteiger partial charge in [0.05, 0.1) is 10.0 Å². The minimum atomic E-state index is -4.60. The van der Waals surface area contributed by atoms with Crippen molar-refractivity contribution in [3.63, 3.8) is 0 Å². The number of halogens is 5. The number of nitrogens with one attached hydrogen (secondary N) is 2. The molecule has 2 N–H and O–H groups in total. The number of rotatable bonds is 2. The maximum Gasteiger partial charge on any atom is 0.445 e. The van der Waals surface area contributed by atoms with Crippen LogP contribution < -0.4 is 10.6 Å². The summed E-state index contributed by atoms with van der Waals surface area (Å²) < 4.78 is 37.0. The van der Waals surface area contributed by atoms with Crippen molar-refractivity contribution >= 4 is 51.4 Å². The van der Waals surface area contributed by atoms with E-state index in [0.717, 1.165) is 0 Å². The van der Waals surface area contributed by atoms with Crippen molar-refractivity contribution in [3.05, 3.63) is 33.3 Å². The molecule has 0 aliphatic rings. The third-order valence-corrected chi connectivity index (χ3v) is 3.69. The molecule has 21 heavy (non-hydrogen) atoms. The van der Waals surface area contributed by atoms with Gasteiger partial charge in [0.2, 0.25) is 10.1 Å². The van der Waals surface area contributed by atoms with Crippen molar-refractivity contribution in [2.75, 3.05) is 10.6 Å². The molecule has 0 saturated carbocycles. The molecule has 11 heteroatoms. The molecular formula is C10H5Cl2F3N4OS. The number of hydrogen-bond acceptors (Lipinski definition) is 4. The number of aromatic nitrogens is 2. The summed E-state index contributed by atoms with van der Waals surface area (Å²) >= 11 is 11.7. The second-order valence-corrected chi connectivity index (χ2v) is 5.41. The van der Waals surface area contributed by atoms with Crippen LogP contribution in [0.15, 0.2) is 18.2 Å². The van der Waals surface area contributed by atoms with Gasteiger partial charge in [-0.1, -0.05) is 34.5 Å². The molecule has 0 atom stereocenters. The second kappa shape index (κ2) is 6.04. The number of urea groups is 1. The number of carbonyl (C=O) groups excluding carboxylic acids is 1. The maximum absolute atomic E-state index is 12.3. The van der Waals surface area contributed by atoms with E-state index in [0.29, 0.717) is 10.7 Å². The topological polar surface area (TPSA) is 66.9 Å². The van der Waals surface area contributed by atoms with Crippen LogP contribution >= 0.6 is 34.5 Å². The van der Waals surface area contributed by atoms with Gasteiger partial charge >= 0.3 is 12.2 Å². The summed E-state index contributed by atoms with van der Waals surface area (Å²) in [6.07, 6.45) is -4.60. The van der Waals surface area contributed by atoms with Crippen molar-refractivity contribution < 1.29 is 18.0 Å². The quantitative estimate of drug-likeness (QED) is 0.831. The van der Waals surface area contributed by atoms with Gasteiger partial charge < -0.3 is 5.32 Å². The van der Waals surface area contributed by atoms with Gasteiger partial charge in [0.1, 0.15) is 0 Å². The van der Waals surface area contributed by atoms with Crippen molar-refractivity contribution in [1.29, 1.82) is 0 Å². The molecular weight excluding hydrogens is 352 g/mol. The zero-order valence-electron chi connectivity index (χ0n) is 9.83. The first-order chi connectivity index (χ1) is 9.75. The average molecular weight is 357 g/mol. The van der Waals surface area contributed by atoms with E-state index in [1.165, 1.54) is 18.2 Å². The van der Waals surface area contributed by atoms with Gasteiger partial charge in [-0.15, -0.1) is 10.2 Å². The Morgan fingerprint density at radius 1 is 1.14 bits per heavy atom. The first-order valence-electron chi connectivity index (χ1n) is 5.19. The van der Waals surface area contributed by atoms with Crippen LogP contribution in [0.4, 0.5) is 28.8 Å². The van der Waals surface area contributed by atoms with Gasteiger partial charge in [-0.3, -0.25) is 5.32 Å². The number of nitrogens with zero attached hydrogens (tertiary/aromatic N) is 2. The fraction of sp³-hybridized carbons (Fsp3) is 0.100. The first kappa shape index (κ1) is 15.8. The molecule has 5 nitrogen and oxygen atoms in total. The number of amides is 2. The number of anilines is 2. The zero-order chi connectivity index (χ0) is 15.6. The van der Waals surface area contributed by atoms with Crippen molar-refractivity contribution in [2.45, 2.75) is 6.18 Å². The summed E-state index contributed by atoms with van der Waals surface area (Å²) in [6, 6.07) is 3.56. The van der Waals surface area contributed by atoms with E-state index in [9.17, 15) is 18.0 Å². The van der Waals surface area contributed by atoms with Crippen molar-refractivity contribution in [2.24, 2.45) is 0 Å². The van der Waals surface area contributed by atoms with E-state index in [1.54, 1.807) is 0 Å². The molecule has 1 heterocycles. The molecule has 0 saturated heterocycles. The lowest BCUT2D eigenvalue weighted by Crippen LogP contribution is -2.19. The number of benzene rings is 1. The molecule has 0 aliphatic carbocycles. The molecule has 1 aromatic carbocycles. The van der Waals surface area contributed by atoms with Crippen LogP contribution in [0.25, 0.3) is 0 Å². The van der Waals surface area contributed by atoms with Gasteiger partial charge in [-0.2, -0.15) is 13.2 Å². The summed E-state index contributed by atoms with van der Waals surface area (Å²) in [5.41, 5.74) is 0.322. The Kier molecular flexibility index (Phi) is 4.55. The number of alkyl halides is 3. The Morgan fingerprint density at radius 3 is 2.43 bits per heavy atom. The van der Waals surface area contributed by atoms with E-state index >= 15 is 0 Å². The highest BCUT2D eigenvalue weighted by Gasteiger charge is 2.35. The van der Waals surface area contributed by atoms with Gasteiger partial charge in [-0.05, 0) is 18.2 Å². The van der Waals surface area contributed by atoms with Crippen LogP contribution in [0, 0.1) is 0 Å². The SMILES string of the molecule is O=C(Nc1ccc(Cl)c(Cl)c1)Nc1nnc(C(F)(F)F)s1. The monoisotopic (exact) mass is 356 g/mol. The Labute approximate surface area is 130 Å². The minimum absolute atomic E-state index is 0.218. The normalized spacial score (nSPS) is 11.3. The Hall–Kier alpha value is -1.58. The summed E-state index contributed by atoms with van der Waals surface area (Å²) in [5.74, 6) is 0. The fourth-order valence-corrected chi connectivity index (χ4v) is 2.13. The lowest BCUT2D eigenvalue weighted by molar-refractivity contribution is -0.138. The van der Waals surface area contributed by atoms with Gasteiger partial charge in [0.15, 0.2) is 0 Å². The highest BCUT2D eigenvalue weighted by Crippen LogP contribution is 2.33. The lowest BCUT2D eigenvalue weighted by Gasteiger charge is -2.06. The van der Waals surface area contributed by atoms with Crippen LogP contribution in [0.5, 0.6) is 0 Å². The largest absolute Gasteiger partial charge is 0.445 e. The van der Waals surface area contributed by atoms with E-state index in [1.807, 2.05) is 0 Å². The molecule has 1 aromatic heterocycles. The molecule has 0 bridgehead atoms. The van der Waals surface area contributed by atoms with Crippen LogP contribution in [0.1, 0.15) is 5.01 Å². The van der Waals surface area contributed by atoms with E-state index in [4.69, 9.17) is 23.2 Å². The molecule has 0 fully saturated rings. The first-order valence-corrected chi connectivity index (χ1v) is 6.76. The Morgan fingerprint density at radius 2 is 1.86 bits per heavy atom. The van der Waals surface area contributed by atoms with Gasteiger partial charge in [-0.25, -0.2) is 4.79 Å². The molecule has 0 unspecified atom stereocenters. The van der Waals surface area contributed by atoms with Crippen LogP contribution in [0.2, 0.25) is 10.0 Å². The molecule has 2 rings (SSSR count). The number of hydrogen-bond donors (Lipinski definition) is 2. The third-order valence-electron chi connectivity index (χ3n) is 2.07. The Balaban J connectivity index is 2.01. The van der Waals surface area contributed by atoms with Crippen molar-refractivity contribution in [1.82, 2.24) is 10.2 Å². The predicted molar refractivity (Wildman–Crippen MR) is 74.0 cm³/mol. The summed E-state index contributed by atoms with van der Waals surface area (Å²) in [6.45, 7) is 0. The number of carbonyl (C=O) groups is 1. The van der Waals surface area contributed by atoms with E-state index in [2.05, 4.69) is 20.8 Å². The standard InChI is InChI=1S/C10H5Cl2F3N4OS/c11-5-2-1-4(3-6(5)12)16-8(20)17-9-19-18-7(21-9)10(13,14)15/h1-3H,(H2,16,17,19,20). The highest BCUT2D eigenvalue weighted by atomic mass is 35.5. The molecule has 2 aromatic rings. The third kappa shape index (κ3) is 4.19. The van der Waals surface area contributed by atoms with Crippen LogP contribution in [-0.4, -0.2) is 16.2 Å². The Bertz CT molecular complexity index is 677. The van der Waals surface area contributed by atoms with Crippen molar-refractivity contribution in [3.8, 4) is 0 Å². The smallest absolute Gasteiger partial charge is 0.308 e. The minimum Gasteiger partial charge on any atom is -0.308 e. The molecule has 112 valence electrons. The lowest BCUT2D eigenvalue weighted by atomic mass is 10.3. The molecule has 0 spiro atoms. The van der Waals surface area contributed by atoms with Crippen LogP contribution in [-0.2, 0) is 6.18 Å². The molecule has 0 aliphatic heterocycles. The maximum atomic E-state index is 12.3. The van der Waals surface area contributed by atoms with E-state index < -0.39 is 17.2 Å². The summed E-state index contributed by atoms with van der Waals surface area (Å²) in [5, 5.41) is 9.78. The fourth-order valence-electron chi connectivity index (χ4n) is 1.22.